The molecule has 0 spiro atoms. The van der Waals surface area contributed by atoms with Gasteiger partial charge in [0.25, 0.3) is 0 Å². The maximum absolute atomic E-state index is 12.0. The minimum atomic E-state index is -0.504. The monoisotopic (exact) mass is 292 g/mol. The third kappa shape index (κ3) is 5.50. The maximum atomic E-state index is 12.0. The summed E-state index contributed by atoms with van der Waals surface area (Å²) in [5, 5.41) is 0. The molecule has 0 N–H and O–H groups in total. The number of hydrogen-bond acceptors (Lipinski definition) is 3. The van der Waals surface area contributed by atoms with Crippen molar-refractivity contribution < 1.29 is 14.3 Å². The van der Waals surface area contributed by atoms with Crippen LogP contribution in [-0.4, -0.2) is 18.9 Å². The standard InChI is InChI=1S/C18H28O3/c1-6-8-13-20-14(3)21-17(19)15-9-11-16(12-10-15)18(4,5)7-2/h9-12,14H,6-8,13H2,1-5H3. The fourth-order valence-corrected chi connectivity index (χ4v) is 1.91. The van der Waals surface area contributed by atoms with Crippen molar-refractivity contribution in [2.75, 3.05) is 6.61 Å². The van der Waals surface area contributed by atoms with E-state index in [2.05, 4.69) is 27.7 Å². The van der Waals surface area contributed by atoms with Gasteiger partial charge in [-0.25, -0.2) is 4.79 Å². The van der Waals surface area contributed by atoms with E-state index in [4.69, 9.17) is 9.47 Å². The summed E-state index contributed by atoms with van der Waals surface area (Å²) in [4.78, 5) is 12.0. The lowest BCUT2D eigenvalue weighted by Crippen LogP contribution is -2.19. The molecule has 1 rings (SSSR count). The second-order valence-electron chi connectivity index (χ2n) is 6.01. The predicted octanol–water partition coefficient (Wildman–Crippen LogP) is 4.69. The van der Waals surface area contributed by atoms with Gasteiger partial charge in [-0.3, -0.25) is 0 Å². The molecule has 0 heterocycles. The first-order valence-electron chi connectivity index (χ1n) is 7.83. The molecule has 118 valence electrons. The summed E-state index contributed by atoms with van der Waals surface area (Å²) in [6, 6.07) is 7.66. The van der Waals surface area contributed by atoms with Crippen LogP contribution in [0.3, 0.4) is 0 Å². The highest BCUT2D eigenvalue weighted by Crippen LogP contribution is 2.26. The Labute approximate surface area is 128 Å². The lowest BCUT2D eigenvalue weighted by atomic mass is 9.82. The first kappa shape index (κ1) is 17.7. The minimum absolute atomic E-state index is 0.124. The summed E-state index contributed by atoms with van der Waals surface area (Å²) >= 11 is 0. The number of hydrogen-bond donors (Lipinski definition) is 0. The van der Waals surface area contributed by atoms with Gasteiger partial charge < -0.3 is 9.47 Å². The fourth-order valence-electron chi connectivity index (χ4n) is 1.91. The highest BCUT2D eigenvalue weighted by molar-refractivity contribution is 5.89. The van der Waals surface area contributed by atoms with Gasteiger partial charge in [0.05, 0.1) is 12.2 Å². The molecule has 1 atom stereocenters. The van der Waals surface area contributed by atoms with Crippen LogP contribution in [0.4, 0.5) is 0 Å². The molecule has 3 heteroatoms. The van der Waals surface area contributed by atoms with Crippen molar-refractivity contribution in [3.8, 4) is 0 Å². The van der Waals surface area contributed by atoms with Gasteiger partial charge in [-0.2, -0.15) is 0 Å². The third-order valence-electron chi connectivity index (χ3n) is 3.91. The number of carbonyl (C=O) groups excluding carboxylic acids is 1. The molecule has 0 aliphatic heterocycles. The summed E-state index contributed by atoms with van der Waals surface area (Å²) in [6.07, 6.45) is 2.59. The molecular formula is C18H28O3. The number of ether oxygens (including phenoxy) is 2. The molecule has 0 bridgehead atoms. The van der Waals surface area contributed by atoms with Crippen LogP contribution in [-0.2, 0) is 14.9 Å². The molecule has 0 amide bonds. The molecule has 1 unspecified atom stereocenters. The topological polar surface area (TPSA) is 35.5 Å². The number of benzene rings is 1. The second-order valence-corrected chi connectivity index (χ2v) is 6.01. The molecule has 3 nitrogen and oxygen atoms in total. The first-order chi connectivity index (χ1) is 9.90. The molecule has 0 fully saturated rings. The Hall–Kier alpha value is -1.35. The van der Waals surface area contributed by atoms with Crippen LogP contribution in [0, 0.1) is 0 Å². The van der Waals surface area contributed by atoms with Crippen LogP contribution in [0.25, 0.3) is 0 Å². The molecule has 21 heavy (non-hydrogen) atoms. The SMILES string of the molecule is CCCCOC(C)OC(=O)c1ccc(C(C)(C)CC)cc1. The van der Waals surface area contributed by atoms with Crippen molar-refractivity contribution >= 4 is 5.97 Å². The van der Waals surface area contributed by atoms with E-state index in [1.807, 2.05) is 24.3 Å². The quantitative estimate of drug-likeness (QED) is 0.396. The predicted molar refractivity (Wildman–Crippen MR) is 85.5 cm³/mol. The van der Waals surface area contributed by atoms with Crippen LogP contribution in [0.1, 0.15) is 69.8 Å². The Bertz CT molecular complexity index is 434. The van der Waals surface area contributed by atoms with Crippen LogP contribution < -0.4 is 0 Å². The Morgan fingerprint density at radius 2 is 1.81 bits per heavy atom. The van der Waals surface area contributed by atoms with E-state index in [1.165, 1.54) is 5.56 Å². The van der Waals surface area contributed by atoms with Gasteiger partial charge in [0.2, 0.25) is 0 Å². The third-order valence-corrected chi connectivity index (χ3v) is 3.91. The Balaban J connectivity index is 2.59. The lowest BCUT2D eigenvalue weighted by Gasteiger charge is -2.23. The molecule has 0 aliphatic rings. The molecular weight excluding hydrogens is 264 g/mol. The van der Waals surface area contributed by atoms with E-state index in [-0.39, 0.29) is 11.4 Å². The van der Waals surface area contributed by atoms with E-state index in [0.29, 0.717) is 12.2 Å². The van der Waals surface area contributed by atoms with Gasteiger partial charge >= 0.3 is 5.97 Å². The van der Waals surface area contributed by atoms with E-state index < -0.39 is 6.29 Å². The van der Waals surface area contributed by atoms with Crippen molar-refractivity contribution in [1.29, 1.82) is 0 Å². The van der Waals surface area contributed by atoms with Crippen LogP contribution in [0.2, 0.25) is 0 Å². The van der Waals surface area contributed by atoms with Gasteiger partial charge in [0, 0.05) is 0 Å². The van der Waals surface area contributed by atoms with Crippen LogP contribution in [0.15, 0.2) is 24.3 Å². The number of carbonyl (C=O) groups is 1. The molecule has 0 aromatic heterocycles. The van der Waals surface area contributed by atoms with E-state index in [9.17, 15) is 4.79 Å². The van der Waals surface area contributed by atoms with E-state index in [0.717, 1.165) is 19.3 Å². The summed E-state index contributed by atoms with van der Waals surface area (Å²) in [5.74, 6) is -0.333. The number of unbranched alkanes of at least 4 members (excludes halogenated alkanes) is 1. The smallest absolute Gasteiger partial charge is 0.340 e. The Morgan fingerprint density at radius 1 is 1.19 bits per heavy atom. The fraction of sp³-hybridized carbons (Fsp3) is 0.611. The summed E-state index contributed by atoms with van der Waals surface area (Å²) < 4.78 is 10.7. The average Bonchev–Trinajstić information content (AvgIpc) is 2.47. The molecule has 0 saturated heterocycles. The van der Waals surface area contributed by atoms with Crippen LogP contribution >= 0.6 is 0 Å². The molecule has 1 aromatic carbocycles. The van der Waals surface area contributed by atoms with Gasteiger partial charge in [-0.1, -0.05) is 46.2 Å². The highest BCUT2D eigenvalue weighted by Gasteiger charge is 2.19. The summed E-state index contributed by atoms with van der Waals surface area (Å²) in [6.45, 7) is 11.0. The van der Waals surface area contributed by atoms with Gasteiger partial charge in [0.1, 0.15) is 0 Å². The van der Waals surface area contributed by atoms with Crippen molar-refractivity contribution in [2.45, 2.75) is 65.6 Å². The van der Waals surface area contributed by atoms with E-state index in [1.54, 1.807) is 6.92 Å². The van der Waals surface area contributed by atoms with Gasteiger partial charge in [-0.05, 0) is 42.9 Å². The summed E-state index contributed by atoms with van der Waals surface area (Å²) in [7, 11) is 0. The van der Waals surface area contributed by atoms with Crippen molar-refractivity contribution in [3.05, 3.63) is 35.4 Å². The normalized spacial score (nSPS) is 13.0. The molecule has 0 aliphatic carbocycles. The zero-order chi connectivity index (χ0) is 15.9. The molecule has 0 radical (unpaired) electrons. The second kappa shape index (κ2) is 8.18. The van der Waals surface area contributed by atoms with Crippen molar-refractivity contribution in [2.24, 2.45) is 0 Å². The zero-order valence-corrected chi connectivity index (χ0v) is 13.9. The largest absolute Gasteiger partial charge is 0.432 e. The number of esters is 1. The Morgan fingerprint density at radius 3 is 2.33 bits per heavy atom. The highest BCUT2D eigenvalue weighted by atomic mass is 16.7. The zero-order valence-electron chi connectivity index (χ0n) is 13.9. The minimum Gasteiger partial charge on any atom is -0.432 e. The molecule has 1 aromatic rings. The maximum Gasteiger partial charge on any atom is 0.340 e. The lowest BCUT2D eigenvalue weighted by molar-refractivity contribution is -0.0985. The Kier molecular flexibility index (Phi) is 6.90. The summed E-state index contributed by atoms with van der Waals surface area (Å²) in [5.41, 5.74) is 1.92. The van der Waals surface area contributed by atoms with E-state index >= 15 is 0 Å². The van der Waals surface area contributed by atoms with Crippen molar-refractivity contribution in [1.82, 2.24) is 0 Å². The average molecular weight is 292 g/mol. The number of rotatable bonds is 8. The first-order valence-corrected chi connectivity index (χ1v) is 7.83. The molecule has 0 saturated carbocycles. The van der Waals surface area contributed by atoms with Crippen molar-refractivity contribution in [3.63, 3.8) is 0 Å². The van der Waals surface area contributed by atoms with Gasteiger partial charge in [-0.15, -0.1) is 0 Å². The van der Waals surface area contributed by atoms with Gasteiger partial charge in [0.15, 0.2) is 6.29 Å². The van der Waals surface area contributed by atoms with Crippen LogP contribution in [0.5, 0.6) is 0 Å².